The largest absolute Gasteiger partial charge is 1.00 e. The Kier molecular flexibility index (Phi) is 5.24. The fourth-order valence-corrected chi connectivity index (χ4v) is 2.06. The van der Waals surface area contributed by atoms with E-state index in [4.69, 9.17) is 4.55 Å². The van der Waals surface area contributed by atoms with E-state index in [9.17, 15) is 18.0 Å². The Morgan fingerprint density at radius 2 is 1.50 bits per heavy atom. The minimum absolute atomic E-state index is 0. The number of hydrogen-bond acceptors (Lipinski definition) is 4. The SMILES string of the molecule is O=C1c2ccccc2C(=O)N1CCS(=O)(=O)O.[K+]. The first-order valence-electron chi connectivity index (χ1n) is 4.80. The minimum atomic E-state index is -4.19. The average Bonchev–Trinajstić information content (AvgIpc) is 2.49. The van der Waals surface area contributed by atoms with Crippen LogP contribution in [0.25, 0.3) is 0 Å². The summed E-state index contributed by atoms with van der Waals surface area (Å²) in [5.41, 5.74) is 0.515. The number of carbonyl (C=O) groups excluding carboxylic acids is 2. The Hall–Kier alpha value is -0.0936. The number of fused-ring (bicyclic) bond motifs is 1. The molecular weight excluding hydrogens is 285 g/mol. The molecule has 8 heteroatoms. The predicted molar refractivity (Wildman–Crippen MR) is 58.2 cm³/mol. The molecule has 0 unspecified atom stereocenters. The second-order valence-electron chi connectivity index (χ2n) is 3.59. The summed E-state index contributed by atoms with van der Waals surface area (Å²) in [5, 5.41) is 0. The molecule has 0 radical (unpaired) electrons. The number of amides is 2. The number of carbonyl (C=O) groups is 2. The van der Waals surface area contributed by atoms with Crippen LogP contribution in [0, 0.1) is 0 Å². The monoisotopic (exact) mass is 294 g/mol. The van der Waals surface area contributed by atoms with Crippen LogP contribution in [-0.2, 0) is 10.1 Å². The Morgan fingerprint density at radius 3 is 1.89 bits per heavy atom. The number of hydrogen-bond donors (Lipinski definition) is 1. The van der Waals surface area contributed by atoms with Crippen LogP contribution in [0.4, 0.5) is 0 Å². The maximum absolute atomic E-state index is 11.8. The van der Waals surface area contributed by atoms with Gasteiger partial charge in [0.1, 0.15) is 0 Å². The molecule has 1 aliphatic heterocycles. The normalized spacial score (nSPS) is 14.4. The molecule has 0 saturated heterocycles. The zero-order valence-electron chi connectivity index (χ0n) is 9.66. The number of nitrogens with zero attached hydrogens (tertiary/aromatic N) is 1. The molecule has 2 amide bonds. The van der Waals surface area contributed by atoms with Gasteiger partial charge in [-0.2, -0.15) is 8.42 Å². The van der Waals surface area contributed by atoms with Crippen molar-refractivity contribution in [2.24, 2.45) is 0 Å². The second-order valence-corrected chi connectivity index (χ2v) is 5.17. The number of imide groups is 1. The number of rotatable bonds is 3. The zero-order valence-corrected chi connectivity index (χ0v) is 13.6. The smallest absolute Gasteiger partial charge is 0.285 e. The standard InChI is InChI=1S/C10H9NO5S.K/c12-9-7-3-1-2-4-8(7)10(13)11(9)5-6-17(14,15)16;/h1-4H,5-6H2,(H,14,15,16);/q;+1. The van der Waals surface area contributed by atoms with Crippen molar-refractivity contribution in [1.82, 2.24) is 4.90 Å². The molecule has 90 valence electrons. The third-order valence-corrected chi connectivity index (χ3v) is 3.15. The molecule has 0 saturated carbocycles. The van der Waals surface area contributed by atoms with Crippen molar-refractivity contribution in [2.45, 2.75) is 0 Å². The van der Waals surface area contributed by atoms with Crippen molar-refractivity contribution < 1.29 is 73.9 Å². The van der Waals surface area contributed by atoms with Gasteiger partial charge >= 0.3 is 51.4 Å². The van der Waals surface area contributed by atoms with Crippen LogP contribution < -0.4 is 51.4 Å². The van der Waals surface area contributed by atoms with Gasteiger partial charge in [0.2, 0.25) is 0 Å². The molecule has 18 heavy (non-hydrogen) atoms. The van der Waals surface area contributed by atoms with Gasteiger partial charge in [0.05, 0.1) is 16.9 Å². The van der Waals surface area contributed by atoms with E-state index in [2.05, 4.69) is 0 Å². The van der Waals surface area contributed by atoms with Crippen molar-refractivity contribution >= 4 is 21.9 Å². The van der Waals surface area contributed by atoms with E-state index in [-0.39, 0.29) is 69.1 Å². The van der Waals surface area contributed by atoms with E-state index in [1.807, 2.05) is 0 Å². The Labute approximate surface area is 147 Å². The van der Waals surface area contributed by atoms with Gasteiger partial charge in [-0.25, -0.2) is 0 Å². The fourth-order valence-electron chi connectivity index (χ4n) is 1.65. The van der Waals surface area contributed by atoms with E-state index in [0.29, 0.717) is 0 Å². The Bertz CT molecular complexity index is 563. The third kappa shape index (κ3) is 3.26. The third-order valence-electron chi connectivity index (χ3n) is 2.45. The summed E-state index contributed by atoms with van der Waals surface area (Å²) in [6, 6.07) is 6.25. The molecule has 1 aliphatic rings. The first kappa shape index (κ1) is 16.0. The summed E-state index contributed by atoms with van der Waals surface area (Å²) in [5.74, 6) is -1.72. The van der Waals surface area contributed by atoms with Crippen LogP contribution in [0.1, 0.15) is 20.7 Å². The molecule has 0 atom stereocenters. The van der Waals surface area contributed by atoms with Gasteiger partial charge in [-0.1, -0.05) is 12.1 Å². The average molecular weight is 294 g/mol. The maximum Gasteiger partial charge on any atom is 1.00 e. The summed E-state index contributed by atoms with van der Waals surface area (Å²) >= 11 is 0. The first-order chi connectivity index (χ1) is 7.90. The van der Waals surface area contributed by atoms with Gasteiger partial charge in [0, 0.05) is 6.54 Å². The van der Waals surface area contributed by atoms with Crippen LogP contribution in [0.2, 0.25) is 0 Å². The van der Waals surface area contributed by atoms with Gasteiger partial charge in [-0.05, 0) is 12.1 Å². The molecule has 1 N–H and O–H groups in total. The molecule has 1 aromatic rings. The van der Waals surface area contributed by atoms with Crippen LogP contribution in [0.5, 0.6) is 0 Å². The van der Waals surface area contributed by atoms with Crippen LogP contribution in [0.3, 0.4) is 0 Å². The summed E-state index contributed by atoms with van der Waals surface area (Å²) in [6.07, 6.45) is 0. The molecule has 1 aromatic carbocycles. The summed E-state index contributed by atoms with van der Waals surface area (Å²) in [7, 11) is -4.19. The van der Waals surface area contributed by atoms with Crippen molar-refractivity contribution in [3.63, 3.8) is 0 Å². The molecule has 6 nitrogen and oxygen atoms in total. The maximum atomic E-state index is 11.8. The predicted octanol–water partition coefficient (Wildman–Crippen LogP) is -2.83. The van der Waals surface area contributed by atoms with Crippen molar-refractivity contribution in [3.8, 4) is 0 Å². The summed E-state index contributed by atoms with van der Waals surface area (Å²) in [4.78, 5) is 24.3. The van der Waals surface area contributed by atoms with E-state index in [1.165, 1.54) is 12.1 Å². The van der Waals surface area contributed by atoms with Crippen molar-refractivity contribution in [3.05, 3.63) is 35.4 Å². The summed E-state index contributed by atoms with van der Waals surface area (Å²) in [6.45, 7) is -0.342. The Morgan fingerprint density at radius 1 is 1.06 bits per heavy atom. The molecule has 0 bridgehead atoms. The van der Waals surface area contributed by atoms with Crippen LogP contribution in [-0.4, -0.2) is 42.0 Å². The van der Waals surface area contributed by atoms with Gasteiger partial charge < -0.3 is 0 Å². The van der Waals surface area contributed by atoms with E-state index in [0.717, 1.165) is 4.90 Å². The number of benzene rings is 1. The molecular formula is C10H9KNO5S+. The van der Waals surface area contributed by atoms with Crippen LogP contribution in [0.15, 0.2) is 24.3 Å². The quantitative estimate of drug-likeness (QED) is 0.369. The second kappa shape index (κ2) is 5.91. The molecule has 1 heterocycles. The van der Waals surface area contributed by atoms with Gasteiger partial charge in [0.25, 0.3) is 21.9 Å². The minimum Gasteiger partial charge on any atom is -0.285 e. The van der Waals surface area contributed by atoms with E-state index < -0.39 is 27.7 Å². The van der Waals surface area contributed by atoms with Crippen molar-refractivity contribution in [2.75, 3.05) is 12.3 Å². The van der Waals surface area contributed by atoms with Gasteiger partial charge in [-0.15, -0.1) is 0 Å². The molecule has 0 aliphatic carbocycles. The van der Waals surface area contributed by atoms with Crippen LogP contribution >= 0.6 is 0 Å². The Balaban J connectivity index is 0.00000162. The summed E-state index contributed by atoms with van der Waals surface area (Å²) < 4.78 is 29.8. The van der Waals surface area contributed by atoms with Gasteiger partial charge in [-0.3, -0.25) is 19.0 Å². The molecule has 0 aromatic heterocycles. The van der Waals surface area contributed by atoms with E-state index >= 15 is 0 Å². The van der Waals surface area contributed by atoms with Gasteiger partial charge in [0.15, 0.2) is 0 Å². The van der Waals surface area contributed by atoms with Crippen molar-refractivity contribution in [1.29, 1.82) is 0 Å². The topological polar surface area (TPSA) is 91.8 Å². The molecule has 0 spiro atoms. The van der Waals surface area contributed by atoms with E-state index in [1.54, 1.807) is 12.1 Å². The molecule has 2 rings (SSSR count). The zero-order chi connectivity index (χ0) is 12.6. The first-order valence-corrected chi connectivity index (χ1v) is 6.41. The molecule has 0 fully saturated rings. The fraction of sp³-hybridized carbons (Fsp3) is 0.200.